The van der Waals surface area contributed by atoms with Gasteiger partial charge in [0.2, 0.25) is 0 Å². The lowest BCUT2D eigenvalue weighted by Gasteiger charge is -2.09. The highest BCUT2D eigenvalue weighted by Gasteiger charge is 2.14. The summed E-state index contributed by atoms with van der Waals surface area (Å²) in [5.74, 6) is 0. The van der Waals surface area contributed by atoms with Gasteiger partial charge in [-0.1, -0.05) is 0 Å². The summed E-state index contributed by atoms with van der Waals surface area (Å²) < 4.78 is 3.22. The van der Waals surface area contributed by atoms with E-state index in [2.05, 4.69) is 9.97 Å². The quantitative estimate of drug-likeness (QED) is 0.803. The predicted octanol–water partition coefficient (Wildman–Crippen LogP) is 0.487. The summed E-state index contributed by atoms with van der Waals surface area (Å²) in [4.78, 5) is 29.8. The molecule has 0 aromatic carbocycles. The highest BCUT2D eigenvalue weighted by molar-refractivity contribution is 5.69. The average Bonchev–Trinajstić information content (AvgIpc) is 2.60. The van der Waals surface area contributed by atoms with Gasteiger partial charge >= 0.3 is 5.69 Å². The number of fused-ring (bicyclic) bond motifs is 1. The number of imidazole rings is 1. The van der Waals surface area contributed by atoms with E-state index in [4.69, 9.17) is 0 Å². The van der Waals surface area contributed by atoms with Crippen LogP contribution in [0.25, 0.3) is 11.2 Å². The largest absolute Gasteiger partial charge is 0.330 e. The Labute approximate surface area is 91.5 Å². The molecule has 0 unspecified atom stereocenters. The zero-order valence-corrected chi connectivity index (χ0v) is 9.52. The van der Waals surface area contributed by atoms with E-state index in [9.17, 15) is 9.59 Å². The van der Waals surface area contributed by atoms with Crippen LogP contribution in [0.15, 0.2) is 15.9 Å². The van der Waals surface area contributed by atoms with Crippen molar-refractivity contribution in [1.29, 1.82) is 0 Å². The van der Waals surface area contributed by atoms with Gasteiger partial charge in [-0.2, -0.15) is 0 Å². The Kier molecular flexibility index (Phi) is 2.41. The second kappa shape index (κ2) is 3.62. The first-order chi connectivity index (χ1) is 7.56. The van der Waals surface area contributed by atoms with E-state index >= 15 is 0 Å². The van der Waals surface area contributed by atoms with Crippen LogP contribution in [-0.4, -0.2) is 19.1 Å². The molecule has 0 atom stereocenters. The van der Waals surface area contributed by atoms with E-state index in [-0.39, 0.29) is 11.6 Å². The van der Waals surface area contributed by atoms with E-state index in [0.29, 0.717) is 17.7 Å². The summed E-state index contributed by atoms with van der Waals surface area (Å²) in [5.41, 5.74) is 0.117. The third kappa shape index (κ3) is 1.37. The van der Waals surface area contributed by atoms with Crippen LogP contribution < -0.4 is 11.2 Å². The molecule has 2 heterocycles. The third-order valence-electron chi connectivity index (χ3n) is 2.56. The van der Waals surface area contributed by atoms with Crippen LogP contribution >= 0.6 is 0 Å². The first kappa shape index (κ1) is 10.7. The number of aromatic nitrogens is 4. The van der Waals surface area contributed by atoms with Crippen LogP contribution in [-0.2, 0) is 6.54 Å². The number of nitrogens with one attached hydrogen (secondary N) is 1. The summed E-state index contributed by atoms with van der Waals surface area (Å²) in [7, 11) is 0. The molecule has 0 bridgehead atoms. The van der Waals surface area contributed by atoms with Crippen molar-refractivity contribution in [3.8, 4) is 0 Å². The van der Waals surface area contributed by atoms with Crippen LogP contribution in [0.3, 0.4) is 0 Å². The van der Waals surface area contributed by atoms with Crippen molar-refractivity contribution in [2.75, 3.05) is 0 Å². The zero-order chi connectivity index (χ0) is 11.9. The molecule has 6 heteroatoms. The lowest BCUT2D eigenvalue weighted by Crippen LogP contribution is -2.32. The fraction of sp³-hybridized carbons (Fsp3) is 0.500. The molecule has 2 rings (SSSR count). The van der Waals surface area contributed by atoms with Gasteiger partial charge in [0.05, 0.1) is 6.33 Å². The molecule has 1 N–H and O–H groups in total. The number of aryl methyl sites for hydroxylation is 1. The number of aromatic amines is 1. The minimum Gasteiger partial charge on any atom is -0.325 e. The molecular formula is C10H14N4O2. The fourth-order valence-electron chi connectivity index (χ4n) is 1.81. The average molecular weight is 222 g/mol. The molecule has 0 amide bonds. The van der Waals surface area contributed by atoms with E-state index in [1.54, 1.807) is 10.9 Å². The van der Waals surface area contributed by atoms with Gasteiger partial charge < -0.3 is 4.57 Å². The van der Waals surface area contributed by atoms with Crippen LogP contribution in [0.4, 0.5) is 0 Å². The summed E-state index contributed by atoms with van der Waals surface area (Å²) in [5, 5.41) is 0. The third-order valence-corrected chi connectivity index (χ3v) is 2.56. The summed E-state index contributed by atoms with van der Waals surface area (Å²) in [6, 6.07) is -0.0351. The Bertz CT molecular complexity index is 632. The van der Waals surface area contributed by atoms with Crippen molar-refractivity contribution in [2.45, 2.75) is 33.4 Å². The van der Waals surface area contributed by atoms with Gasteiger partial charge in [-0.15, -0.1) is 0 Å². The number of rotatable bonds is 2. The maximum Gasteiger partial charge on any atom is 0.330 e. The Morgan fingerprint density at radius 1 is 1.44 bits per heavy atom. The van der Waals surface area contributed by atoms with Gasteiger partial charge in [-0.05, 0) is 20.8 Å². The summed E-state index contributed by atoms with van der Waals surface area (Å²) in [6.07, 6.45) is 1.58. The van der Waals surface area contributed by atoms with Crippen molar-refractivity contribution in [3.63, 3.8) is 0 Å². The lowest BCUT2D eigenvalue weighted by atomic mass is 10.3. The van der Waals surface area contributed by atoms with Crippen LogP contribution in [0.5, 0.6) is 0 Å². The standard InChI is InChI=1S/C10H14N4O2/c1-4-13-5-11-8-7(13)9(15)12-10(16)14(8)6(2)3/h5-6H,4H2,1-3H3,(H,12,15,16). The maximum atomic E-state index is 11.7. The van der Waals surface area contributed by atoms with Crippen molar-refractivity contribution >= 4 is 11.2 Å². The van der Waals surface area contributed by atoms with Gasteiger partial charge in [-0.3, -0.25) is 14.3 Å². The minimum absolute atomic E-state index is 0.0351. The van der Waals surface area contributed by atoms with Gasteiger partial charge in [-0.25, -0.2) is 9.78 Å². The second-order valence-corrected chi connectivity index (χ2v) is 3.93. The predicted molar refractivity (Wildman–Crippen MR) is 60.7 cm³/mol. The number of hydrogen-bond acceptors (Lipinski definition) is 3. The molecule has 2 aromatic heterocycles. The van der Waals surface area contributed by atoms with Crippen molar-refractivity contribution < 1.29 is 0 Å². The van der Waals surface area contributed by atoms with Gasteiger partial charge in [0.25, 0.3) is 5.56 Å². The van der Waals surface area contributed by atoms with E-state index in [0.717, 1.165) is 0 Å². The van der Waals surface area contributed by atoms with Crippen molar-refractivity contribution in [2.24, 2.45) is 0 Å². The molecule has 2 aromatic rings. The molecule has 0 aliphatic rings. The van der Waals surface area contributed by atoms with E-state index < -0.39 is 5.69 Å². The Morgan fingerprint density at radius 2 is 2.12 bits per heavy atom. The second-order valence-electron chi connectivity index (χ2n) is 3.93. The smallest absolute Gasteiger partial charge is 0.325 e. The van der Waals surface area contributed by atoms with Gasteiger partial charge in [0.15, 0.2) is 11.2 Å². The van der Waals surface area contributed by atoms with Gasteiger partial charge in [0, 0.05) is 12.6 Å². The van der Waals surface area contributed by atoms with E-state index in [1.165, 1.54) is 4.57 Å². The Morgan fingerprint density at radius 3 is 2.69 bits per heavy atom. The number of H-pyrrole nitrogens is 1. The van der Waals surface area contributed by atoms with Crippen LogP contribution in [0, 0.1) is 0 Å². The molecule has 0 radical (unpaired) electrons. The van der Waals surface area contributed by atoms with E-state index in [1.807, 2.05) is 20.8 Å². The molecule has 0 aliphatic carbocycles. The first-order valence-electron chi connectivity index (χ1n) is 5.26. The summed E-state index contributed by atoms with van der Waals surface area (Å²) in [6.45, 7) is 6.33. The highest BCUT2D eigenvalue weighted by atomic mass is 16.2. The monoisotopic (exact) mass is 222 g/mol. The Balaban J connectivity index is 2.98. The Hall–Kier alpha value is -1.85. The normalized spacial score (nSPS) is 11.5. The first-order valence-corrected chi connectivity index (χ1v) is 5.26. The zero-order valence-electron chi connectivity index (χ0n) is 9.52. The molecule has 0 saturated carbocycles. The molecule has 6 nitrogen and oxygen atoms in total. The number of nitrogens with zero attached hydrogens (tertiary/aromatic N) is 3. The van der Waals surface area contributed by atoms with Gasteiger partial charge in [0.1, 0.15) is 0 Å². The number of hydrogen-bond donors (Lipinski definition) is 1. The molecule has 0 saturated heterocycles. The maximum absolute atomic E-state index is 11.7. The lowest BCUT2D eigenvalue weighted by molar-refractivity contribution is 0.580. The van der Waals surface area contributed by atoms with Crippen LogP contribution in [0.1, 0.15) is 26.8 Å². The summed E-state index contributed by atoms with van der Waals surface area (Å²) >= 11 is 0. The molecular weight excluding hydrogens is 208 g/mol. The minimum atomic E-state index is -0.408. The highest BCUT2D eigenvalue weighted by Crippen LogP contribution is 2.10. The molecule has 0 fully saturated rings. The van der Waals surface area contributed by atoms with Crippen molar-refractivity contribution in [1.82, 2.24) is 19.1 Å². The molecule has 0 aliphatic heterocycles. The molecule has 0 spiro atoms. The van der Waals surface area contributed by atoms with Crippen LogP contribution in [0.2, 0.25) is 0 Å². The van der Waals surface area contributed by atoms with Crippen molar-refractivity contribution in [3.05, 3.63) is 27.2 Å². The topological polar surface area (TPSA) is 72.7 Å². The fourth-order valence-corrected chi connectivity index (χ4v) is 1.81. The SMILES string of the molecule is CCn1cnc2c1c(=O)[nH]c(=O)n2C(C)C. The molecule has 16 heavy (non-hydrogen) atoms. The molecule has 86 valence electrons.